The van der Waals surface area contributed by atoms with Crippen LogP contribution in [0.15, 0.2) is 41.2 Å². The average molecular weight is 372 g/mol. The van der Waals surface area contributed by atoms with Gasteiger partial charge in [-0.1, -0.05) is 11.6 Å². The topological polar surface area (TPSA) is 77.9 Å². The Morgan fingerprint density at radius 1 is 1.31 bits per heavy atom. The summed E-state index contributed by atoms with van der Waals surface area (Å²) >= 11 is 5.99. The van der Waals surface area contributed by atoms with E-state index in [1.165, 1.54) is 13.2 Å². The molecule has 0 radical (unpaired) electrons. The molecular weight excluding hydrogens is 357 g/mol. The van der Waals surface area contributed by atoms with Crippen LogP contribution in [0.25, 0.3) is 10.9 Å². The van der Waals surface area contributed by atoms with Crippen LogP contribution in [0.1, 0.15) is 24.1 Å². The zero-order valence-electron chi connectivity index (χ0n) is 14.1. The molecule has 1 atom stereocenters. The summed E-state index contributed by atoms with van der Waals surface area (Å²) in [5.74, 6) is -0.0380. The van der Waals surface area contributed by atoms with E-state index in [1.807, 2.05) is 13.0 Å². The molecule has 5 nitrogen and oxygen atoms in total. The van der Waals surface area contributed by atoms with Crippen LogP contribution in [0.3, 0.4) is 0 Å². The van der Waals surface area contributed by atoms with Crippen molar-refractivity contribution in [3.8, 4) is 11.8 Å². The minimum Gasteiger partial charge on any atom is -0.495 e. The molecule has 26 heavy (non-hydrogen) atoms. The first-order valence-corrected chi connectivity index (χ1v) is 8.17. The van der Waals surface area contributed by atoms with E-state index in [4.69, 9.17) is 21.6 Å². The van der Waals surface area contributed by atoms with Crippen molar-refractivity contribution in [2.24, 2.45) is 0 Å². The number of methoxy groups -OCH3 is 1. The molecule has 0 spiro atoms. The number of H-pyrrole nitrogens is 1. The zero-order chi connectivity index (χ0) is 18.8. The molecule has 0 aliphatic heterocycles. The molecule has 3 aromatic rings. The van der Waals surface area contributed by atoms with Gasteiger partial charge in [-0.05, 0) is 37.3 Å². The highest BCUT2D eigenvalue weighted by molar-refractivity contribution is 6.35. The Labute approximate surface area is 154 Å². The lowest BCUT2D eigenvalue weighted by atomic mass is 10.1. The number of rotatable bonds is 4. The minimum absolute atomic E-state index is 0.154. The van der Waals surface area contributed by atoms with Gasteiger partial charge in [0.25, 0.3) is 5.56 Å². The van der Waals surface area contributed by atoms with Crippen molar-refractivity contribution in [1.29, 1.82) is 5.26 Å². The third kappa shape index (κ3) is 3.35. The van der Waals surface area contributed by atoms with E-state index in [0.717, 1.165) is 6.07 Å². The van der Waals surface area contributed by atoms with Gasteiger partial charge in [-0.15, -0.1) is 0 Å². The molecule has 0 saturated carbocycles. The van der Waals surface area contributed by atoms with E-state index in [2.05, 4.69) is 10.3 Å². The molecule has 0 aliphatic carbocycles. The maximum absolute atomic E-state index is 13.6. The van der Waals surface area contributed by atoms with Crippen molar-refractivity contribution >= 4 is 28.2 Å². The van der Waals surface area contributed by atoms with Gasteiger partial charge in [-0.3, -0.25) is 4.79 Å². The second-order valence-electron chi connectivity index (χ2n) is 5.80. The second-order valence-corrected chi connectivity index (χ2v) is 6.21. The molecule has 1 aromatic heterocycles. The predicted octanol–water partition coefficient (Wildman–Crippen LogP) is 4.37. The summed E-state index contributed by atoms with van der Waals surface area (Å²) in [6, 6.07) is 10.8. The van der Waals surface area contributed by atoms with Crippen LogP contribution in [-0.2, 0) is 0 Å². The SMILES string of the molecule is COc1cc(N[C@@H](C)c2cc3cc(F)cc(Cl)c3[nH]c2=O)ccc1C#N. The first-order valence-electron chi connectivity index (χ1n) is 7.79. The van der Waals surface area contributed by atoms with Crippen LogP contribution in [0.4, 0.5) is 10.1 Å². The highest BCUT2D eigenvalue weighted by Gasteiger charge is 2.14. The maximum atomic E-state index is 13.6. The Morgan fingerprint density at radius 3 is 2.77 bits per heavy atom. The lowest BCUT2D eigenvalue weighted by Gasteiger charge is -2.16. The largest absolute Gasteiger partial charge is 0.495 e. The van der Waals surface area contributed by atoms with Gasteiger partial charge in [-0.25, -0.2) is 4.39 Å². The average Bonchev–Trinajstić information content (AvgIpc) is 2.61. The van der Waals surface area contributed by atoms with E-state index in [1.54, 1.807) is 24.3 Å². The predicted molar refractivity (Wildman–Crippen MR) is 99.3 cm³/mol. The first kappa shape index (κ1) is 17.8. The summed E-state index contributed by atoms with van der Waals surface area (Å²) in [6.07, 6.45) is 0. The van der Waals surface area contributed by atoms with Gasteiger partial charge in [0.15, 0.2) is 0 Å². The van der Waals surface area contributed by atoms with Crippen molar-refractivity contribution in [1.82, 2.24) is 4.98 Å². The summed E-state index contributed by atoms with van der Waals surface area (Å²) in [5, 5.41) is 12.9. The monoisotopic (exact) mass is 371 g/mol. The molecule has 0 unspecified atom stereocenters. The molecule has 7 heteroatoms. The Kier molecular flexibility index (Phi) is 4.83. The Bertz CT molecular complexity index is 1090. The number of nitrogens with one attached hydrogen (secondary N) is 2. The number of fused-ring (bicyclic) bond motifs is 1. The smallest absolute Gasteiger partial charge is 0.253 e. The fraction of sp³-hybridized carbons (Fsp3) is 0.158. The van der Waals surface area contributed by atoms with Crippen molar-refractivity contribution < 1.29 is 9.13 Å². The van der Waals surface area contributed by atoms with Crippen molar-refractivity contribution in [3.63, 3.8) is 0 Å². The molecule has 0 bridgehead atoms. The molecule has 1 heterocycles. The fourth-order valence-corrected chi connectivity index (χ4v) is 3.04. The van der Waals surface area contributed by atoms with Gasteiger partial charge in [-0.2, -0.15) is 5.26 Å². The number of hydrogen-bond acceptors (Lipinski definition) is 4. The van der Waals surface area contributed by atoms with Crippen LogP contribution in [-0.4, -0.2) is 12.1 Å². The van der Waals surface area contributed by atoms with Gasteiger partial charge >= 0.3 is 0 Å². The summed E-state index contributed by atoms with van der Waals surface area (Å²) in [6.45, 7) is 1.81. The third-order valence-electron chi connectivity index (χ3n) is 4.07. The maximum Gasteiger partial charge on any atom is 0.253 e. The van der Waals surface area contributed by atoms with Crippen LogP contribution < -0.4 is 15.6 Å². The first-order chi connectivity index (χ1) is 12.4. The number of nitrogens with zero attached hydrogens (tertiary/aromatic N) is 1. The number of halogens is 2. The summed E-state index contributed by atoms with van der Waals surface area (Å²) < 4.78 is 18.8. The van der Waals surface area contributed by atoms with E-state index in [9.17, 15) is 9.18 Å². The number of benzene rings is 2. The van der Waals surface area contributed by atoms with Gasteiger partial charge < -0.3 is 15.0 Å². The fourth-order valence-electron chi connectivity index (χ4n) is 2.78. The minimum atomic E-state index is -0.474. The standard InChI is InChI=1S/C19H15ClFN3O2/c1-10(23-14-4-3-11(9-22)17(8-14)26-2)15-6-12-5-13(21)7-16(20)18(12)24-19(15)25/h3-8,10,23H,1-2H3,(H,24,25)/t10-/m0/s1. The summed E-state index contributed by atoms with van der Waals surface area (Å²) in [4.78, 5) is 15.1. The van der Waals surface area contributed by atoms with Gasteiger partial charge in [0.2, 0.25) is 0 Å². The van der Waals surface area contributed by atoms with Crippen LogP contribution in [0.2, 0.25) is 5.02 Å². The molecule has 0 fully saturated rings. The third-order valence-corrected chi connectivity index (χ3v) is 4.37. The molecule has 0 amide bonds. The van der Waals surface area contributed by atoms with Crippen molar-refractivity contribution in [2.75, 3.05) is 12.4 Å². The second kappa shape index (κ2) is 7.06. The van der Waals surface area contributed by atoms with Gasteiger partial charge in [0, 0.05) is 22.7 Å². The number of nitriles is 1. The van der Waals surface area contributed by atoms with Gasteiger partial charge in [0.05, 0.1) is 29.3 Å². The number of ether oxygens (including phenoxy) is 1. The van der Waals surface area contributed by atoms with E-state index in [-0.39, 0.29) is 16.6 Å². The highest BCUT2D eigenvalue weighted by Crippen LogP contribution is 2.27. The summed E-state index contributed by atoms with van der Waals surface area (Å²) in [7, 11) is 1.48. The molecule has 2 N–H and O–H groups in total. The molecule has 132 valence electrons. The van der Waals surface area contributed by atoms with E-state index < -0.39 is 5.82 Å². The molecular formula is C19H15ClFN3O2. The quantitative estimate of drug-likeness (QED) is 0.713. The van der Waals surface area contributed by atoms with Crippen molar-refractivity contribution in [3.05, 3.63) is 68.7 Å². The lowest BCUT2D eigenvalue weighted by molar-refractivity contribution is 0.413. The Morgan fingerprint density at radius 2 is 2.08 bits per heavy atom. The molecule has 3 rings (SSSR count). The van der Waals surface area contributed by atoms with Crippen LogP contribution in [0.5, 0.6) is 5.75 Å². The van der Waals surface area contributed by atoms with Crippen LogP contribution in [0, 0.1) is 17.1 Å². The molecule has 0 aliphatic rings. The van der Waals surface area contributed by atoms with E-state index >= 15 is 0 Å². The normalized spacial score (nSPS) is 11.8. The number of anilines is 1. The molecule has 0 saturated heterocycles. The van der Waals surface area contributed by atoms with Crippen LogP contribution >= 0.6 is 11.6 Å². The number of pyridine rings is 1. The highest BCUT2D eigenvalue weighted by atomic mass is 35.5. The lowest BCUT2D eigenvalue weighted by Crippen LogP contribution is -2.19. The molecule has 2 aromatic carbocycles. The summed E-state index contributed by atoms with van der Waals surface area (Å²) in [5.41, 5.74) is 1.62. The van der Waals surface area contributed by atoms with E-state index in [0.29, 0.717) is 33.5 Å². The van der Waals surface area contributed by atoms with Crippen molar-refractivity contribution in [2.45, 2.75) is 13.0 Å². The zero-order valence-corrected chi connectivity index (χ0v) is 14.8. The number of aromatic nitrogens is 1. The van der Waals surface area contributed by atoms with Gasteiger partial charge in [0.1, 0.15) is 17.6 Å². The number of aromatic amines is 1. The number of hydrogen-bond donors (Lipinski definition) is 2. The Hall–Kier alpha value is -3.04. The Balaban J connectivity index is 1.98.